The molecule has 9 nitrogen and oxygen atoms in total. The zero-order valence-electron chi connectivity index (χ0n) is 26.1. The third-order valence-corrected chi connectivity index (χ3v) is 7.63. The van der Waals surface area contributed by atoms with Crippen molar-refractivity contribution in [1.29, 1.82) is 0 Å². The highest BCUT2D eigenvalue weighted by atomic mass is 16.5. The molecule has 0 bridgehead atoms. The Labute approximate surface area is 269 Å². The minimum atomic E-state index is -1.01. The van der Waals surface area contributed by atoms with E-state index in [1.54, 1.807) is 55.6 Å². The molecular weight excluding hydrogens is 584 g/mol. The third-order valence-electron chi connectivity index (χ3n) is 7.63. The SMILES string of the molecule is CCOc1ccc(CCN(CCC(=O)O)C(=O)c2ccccc2-c2ccccc2C(=O)NC(CCO)c2ccccc2)cc1OC. The predicted octanol–water partition coefficient (Wildman–Crippen LogP) is 5.77. The highest BCUT2D eigenvalue weighted by Gasteiger charge is 2.24. The number of benzene rings is 4. The summed E-state index contributed by atoms with van der Waals surface area (Å²) in [5.74, 6) is -0.487. The number of aliphatic hydroxyl groups is 1. The molecule has 1 unspecified atom stereocenters. The zero-order chi connectivity index (χ0) is 32.9. The Kier molecular flexibility index (Phi) is 12.3. The second kappa shape index (κ2) is 16.8. The number of aliphatic carboxylic acids is 1. The van der Waals surface area contributed by atoms with Gasteiger partial charge in [0.05, 0.1) is 26.2 Å². The van der Waals surface area contributed by atoms with Gasteiger partial charge in [0.1, 0.15) is 0 Å². The summed E-state index contributed by atoms with van der Waals surface area (Å²) >= 11 is 0. The molecule has 240 valence electrons. The van der Waals surface area contributed by atoms with Crippen molar-refractivity contribution in [2.45, 2.75) is 32.2 Å². The molecule has 4 aromatic rings. The van der Waals surface area contributed by atoms with Crippen LogP contribution in [-0.2, 0) is 11.2 Å². The molecule has 2 amide bonds. The van der Waals surface area contributed by atoms with Crippen molar-refractivity contribution in [1.82, 2.24) is 10.2 Å². The molecule has 9 heteroatoms. The maximum Gasteiger partial charge on any atom is 0.305 e. The molecule has 0 aliphatic heterocycles. The lowest BCUT2D eigenvalue weighted by Crippen LogP contribution is -2.35. The summed E-state index contributed by atoms with van der Waals surface area (Å²) in [5.41, 5.74) is 3.62. The highest BCUT2D eigenvalue weighted by Crippen LogP contribution is 2.31. The molecule has 4 rings (SSSR count). The van der Waals surface area contributed by atoms with Crippen LogP contribution in [0, 0.1) is 0 Å². The molecule has 0 heterocycles. The smallest absolute Gasteiger partial charge is 0.305 e. The molecule has 0 spiro atoms. The first-order valence-corrected chi connectivity index (χ1v) is 15.3. The maximum atomic E-state index is 14.1. The number of methoxy groups -OCH3 is 1. The van der Waals surface area contributed by atoms with E-state index in [1.165, 1.54) is 4.90 Å². The van der Waals surface area contributed by atoms with Crippen molar-refractivity contribution in [2.24, 2.45) is 0 Å². The number of aliphatic hydroxyl groups excluding tert-OH is 1. The molecule has 0 aromatic heterocycles. The fourth-order valence-corrected chi connectivity index (χ4v) is 5.32. The average Bonchev–Trinajstić information content (AvgIpc) is 3.08. The molecule has 4 aromatic carbocycles. The van der Waals surface area contributed by atoms with Crippen LogP contribution in [0.3, 0.4) is 0 Å². The van der Waals surface area contributed by atoms with E-state index >= 15 is 0 Å². The van der Waals surface area contributed by atoms with Crippen LogP contribution in [0.5, 0.6) is 11.5 Å². The van der Waals surface area contributed by atoms with Crippen molar-refractivity contribution in [2.75, 3.05) is 33.4 Å². The number of nitrogens with one attached hydrogen (secondary N) is 1. The third kappa shape index (κ3) is 8.73. The van der Waals surface area contributed by atoms with E-state index < -0.39 is 12.0 Å². The van der Waals surface area contributed by atoms with Gasteiger partial charge in [0.25, 0.3) is 11.8 Å². The van der Waals surface area contributed by atoms with Gasteiger partial charge in [-0.3, -0.25) is 14.4 Å². The lowest BCUT2D eigenvalue weighted by molar-refractivity contribution is -0.137. The van der Waals surface area contributed by atoms with E-state index in [2.05, 4.69) is 5.32 Å². The van der Waals surface area contributed by atoms with Gasteiger partial charge in [-0.1, -0.05) is 72.8 Å². The van der Waals surface area contributed by atoms with Gasteiger partial charge in [0, 0.05) is 30.8 Å². The van der Waals surface area contributed by atoms with Gasteiger partial charge >= 0.3 is 5.97 Å². The van der Waals surface area contributed by atoms with Gasteiger partial charge in [-0.15, -0.1) is 0 Å². The van der Waals surface area contributed by atoms with Crippen molar-refractivity contribution in [3.63, 3.8) is 0 Å². The van der Waals surface area contributed by atoms with E-state index in [4.69, 9.17) is 9.47 Å². The number of hydrogen-bond donors (Lipinski definition) is 3. The van der Waals surface area contributed by atoms with Crippen molar-refractivity contribution < 1.29 is 34.1 Å². The number of amides is 2. The molecular formula is C37H40N2O7. The van der Waals surface area contributed by atoms with E-state index in [0.717, 1.165) is 11.1 Å². The van der Waals surface area contributed by atoms with Gasteiger partial charge in [-0.25, -0.2) is 0 Å². The second-order valence-electron chi connectivity index (χ2n) is 10.6. The first-order valence-electron chi connectivity index (χ1n) is 15.3. The summed E-state index contributed by atoms with van der Waals surface area (Å²) in [7, 11) is 1.56. The summed E-state index contributed by atoms with van der Waals surface area (Å²) < 4.78 is 11.1. The molecule has 0 saturated carbocycles. The van der Waals surface area contributed by atoms with Gasteiger partial charge in [0.2, 0.25) is 0 Å². The monoisotopic (exact) mass is 624 g/mol. The van der Waals surface area contributed by atoms with Crippen LogP contribution >= 0.6 is 0 Å². The van der Waals surface area contributed by atoms with E-state index in [1.807, 2.05) is 55.5 Å². The highest BCUT2D eigenvalue weighted by molar-refractivity contribution is 6.06. The predicted molar refractivity (Wildman–Crippen MR) is 176 cm³/mol. The average molecular weight is 625 g/mol. The Bertz CT molecular complexity index is 1620. The summed E-state index contributed by atoms with van der Waals surface area (Å²) in [5, 5.41) is 22.2. The Morgan fingerprint density at radius 1 is 0.826 bits per heavy atom. The second-order valence-corrected chi connectivity index (χ2v) is 10.6. The fourth-order valence-electron chi connectivity index (χ4n) is 5.32. The van der Waals surface area contributed by atoms with Gasteiger partial charge < -0.3 is 29.9 Å². The number of carboxylic acid groups (broad SMARTS) is 1. The number of nitrogens with zero attached hydrogens (tertiary/aromatic N) is 1. The van der Waals surface area contributed by atoms with E-state index in [9.17, 15) is 24.6 Å². The maximum absolute atomic E-state index is 14.1. The minimum absolute atomic E-state index is 0.0126. The van der Waals surface area contributed by atoms with Crippen molar-refractivity contribution in [3.05, 3.63) is 119 Å². The molecule has 0 fully saturated rings. The summed E-state index contributed by atoms with van der Waals surface area (Å²) in [6.45, 7) is 2.56. The van der Waals surface area contributed by atoms with Gasteiger partial charge in [0.15, 0.2) is 11.5 Å². The Morgan fingerprint density at radius 3 is 2.13 bits per heavy atom. The first kappa shape index (κ1) is 33.7. The Morgan fingerprint density at radius 2 is 1.48 bits per heavy atom. The number of carbonyl (C=O) groups excluding carboxylic acids is 2. The van der Waals surface area contributed by atoms with Crippen LogP contribution in [0.4, 0.5) is 0 Å². The lowest BCUT2D eigenvalue weighted by atomic mass is 9.93. The van der Waals surface area contributed by atoms with Crippen LogP contribution in [0.2, 0.25) is 0 Å². The van der Waals surface area contributed by atoms with Crippen LogP contribution in [-0.4, -0.2) is 66.3 Å². The number of carboxylic acids is 1. The van der Waals surface area contributed by atoms with Crippen LogP contribution in [0.25, 0.3) is 11.1 Å². The summed E-state index contributed by atoms with van der Waals surface area (Å²) in [6.07, 6.45) is 0.581. The summed E-state index contributed by atoms with van der Waals surface area (Å²) in [6, 6.07) is 28.7. The number of hydrogen-bond acceptors (Lipinski definition) is 6. The van der Waals surface area contributed by atoms with Crippen LogP contribution in [0.1, 0.15) is 57.7 Å². The normalized spacial score (nSPS) is 11.4. The van der Waals surface area contributed by atoms with E-state index in [0.29, 0.717) is 53.2 Å². The topological polar surface area (TPSA) is 125 Å². The van der Waals surface area contributed by atoms with Crippen molar-refractivity contribution in [3.8, 4) is 22.6 Å². The number of rotatable bonds is 16. The standard InChI is InChI=1S/C37H40N2O7/c1-3-46-33-18-17-26(25-34(33)45-2)19-22-39(23-20-35(41)42)37(44)31-16-10-8-14-29(31)28-13-7-9-15-30(28)36(43)38-32(21-24-40)27-11-5-4-6-12-27/h4-18,25,32,40H,3,19-24H2,1-2H3,(H,38,43)(H,41,42). The molecule has 1 atom stereocenters. The molecule has 0 saturated heterocycles. The largest absolute Gasteiger partial charge is 0.493 e. The quantitative estimate of drug-likeness (QED) is 0.144. The van der Waals surface area contributed by atoms with E-state index in [-0.39, 0.29) is 37.9 Å². The molecule has 46 heavy (non-hydrogen) atoms. The number of carbonyl (C=O) groups is 3. The fraction of sp³-hybridized carbons (Fsp3) is 0.270. The number of ether oxygens (including phenoxy) is 2. The lowest BCUT2D eigenvalue weighted by Gasteiger charge is -2.24. The minimum Gasteiger partial charge on any atom is -0.493 e. The van der Waals surface area contributed by atoms with Crippen LogP contribution < -0.4 is 14.8 Å². The molecule has 0 aliphatic carbocycles. The molecule has 0 radical (unpaired) electrons. The molecule has 0 aliphatic rings. The van der Waals surface area contributed by atoms with Crippen LogP contribution in [0.15, 0.2) is 97.1 Å². The van der Waals surface area contributed by atoms with Gasteiger partial charge in [-0.05, 0) is 66.3 Å². The Balaban J connectivity index is 1.63. The first-order chi connectivity index (χ1) is 22.4. The zero-order valence-corrected chi connectivity index (χ0v) is 26.1. The Hall–Kier alpha value is -5.15. The molecule has 3 N–H and O–H groups in total. The van der Waals surface area contributed by atoms with Gasteiger partial charge in [-0.2, -0.15) is 0 Å². The summed E-state index contributed by atoms with van der Waals surface area (Å²) in [4.78, 5) is 40.9. The van der Waals surface area contributed by atoms with Crippen molar-refractivity contribution >= 4 is 17.8 Å².